The van der Waals surface area contributed by atoms with E-state index >= 15 is 0 Å². The minimum Gasteiger partial charge on any atom is -0.347 e. The summed E-state index contributed by atoms with van der Waals surface area (Å²) < 4.78 is 2.15. The fourth-order valence-electron chi connectivity index (χ4n) is 2.20. The molecule has 3 heteroatoms. The summed E-state index contributed by atoms with van der Waals surface area (Å²) in [4.78, 5) is 11.7. The third-order valence-corrected chi connectivity index (χ3v) is 3.19. The summed E-state index contributed by atoms with van der Waals surface area (Å²) in [6.45, 7) is 2.97. The zero-order valence-electron chi connectivity index (χ0n) is 10.8. The van der Waals surface area contributed by atoms with E-state index in [0.29, 0.717) is 0 Å². The Morgan fingerprint density at radius 1 is 1.22 bits per heavy atom. The van der Waals surface area contributed by atoms with E-state index in [1.807, 2.05) is 37.4 Å². The highest BCUT2D eigenvalue weighted by Crippen LogP contribution is 2.11. The van der Waals surface area contributed by atoms with Gasteiger partial charge >= 0.3 is 0 Å². The number of nitrogens with zero attached hydrogens (tertiary/aromatic N) is 1. The minimum atomic E-state index is 0.0948. The van der Waals surface area contributed by atoms with Gasteiger partial charge in [-0.3, -0.25) is 4.79 Å². The molecule has 0 saturated carbocycles. The molecule has 1 atom stereocenters. The lowest BCUT2D eigenvalue weighted by molar-refractivity contribution is 0.555. The number of pyridine rings is 1. The van der Waals surface area contributed by atoms with Crippen molar-refractivity contribution in [1.29, 1.82) is 0 Å². The molecule has 96 valence electrons. The van der Waals surface area contributed by atoms with Crippen LogP contribution in [0.3, 0.4) is 0 Å². The van der Waals surface area contributed by atoms with Gasteiger partial charge in [-0.2, -0.15) is 0 Å². The molecule has 1 aromatic heterocycles. The summed E-state index contributed by atoms with van der Waals surface area (Å²) in [7, 11) is 0. The van der Waals surface area contributed by atoms with E-state index < -0.39 is 0 Å². The second kappa shape index (κ2) is 5.83. The number of fused-ring (bicyclic) bond motifs is 1. The Morgan fingerprint density at radius 3 is 2.78 bits per heavy atom. The van der Waals surface area contributed by atoms with Gasteiger partial charge in [0.25, 0.3) is 0 Å². The number of aryl methyl sites for hydroxylation is 1. The van der Waals surface area contributed by atoms with Crippen molar-refractivity contribution in [2.75, 3.05) is 0 Å². The minimum absolute atomic E-state index is 0.0948. The van der Waals surface area contributed by atoms with Crippen LogP contribution in [-0.2, 0) is 6.54 Å². The Labute approximate surface area is 107 Å². The quantitative estimate of drug-likeness (QED) is 0.822. The molecule has 0 saturated heterocycles. The zero-order valence-corrected chi connectivity index (χ0v) is 10.8. The molecule has 0 amide bonds. The first-order valence-electron chi connectivity index (χ1n) is 6.52. The summed E-state index contributed by atoms with van der Waals surface area (Å²) >= 11 is 0. The molecule has 0 aliphatic rings. The van der Waals surface area contributed by atoms with Crippen molar-refractivity contribution in [3.63, 3.8) is 0 Å². The maximum absolute atomic E-state index is 11.7. The number of aromatic nitrogens is 1. The van der Waals surface area contributed by atoms with E-state index in [0.717, 1.165) is 36.7 Å². The van der Waals surface area contributed by atoms with Crippen LogP contribution in [-0.4, -0.2) is 10.6 Å². The summed E-state index contributed by atoms with van der Waals surface area (Å²) in [5.74, 6) is 0. The van der Waals surface area contributed by atoms with Gasteiger partial charge in [0.15, 0.2) is 5.43 Å². The smallest absolute Gasteiger partial charge is 0.189 e. The van der Waals surface area contributed by atoms with Gasteiger partial charge in [0.1, 0.15) is 0 Å². The lowest BCUT2D eigenvalue weighted by atomic mass is 10.1. The van der Waals surface area contributed by atoms with Gasteiger partial charge in [-0.1, -0.05) is 18.6 Å². The van der Waals surface area contributed by atoms with Crippen LogP contribution in [0.15, 0.2) is 41.3 Å². The molecule has 0 aliphatic heterocycles. The van der Waals surface area contributed by atoms with Crippen molar-refractivity contribution < 1.29 is 0 Å². The molecular weight excluding hydrogens is 224 g/mol. The highest BCUT2D eigenvalue weighted by Gasteiger charge is 2.01. The monoisotopic (exact) mass is 244 g/mol. The first kappa shape index (κ1) is 12.8. The SMILES string of the molecule is CC(N)CCCCn1ccc(=O)c2ccccc21. The van der Waals surface area contributed by atoms with E-state index in [1.165, 1.54) is 0 Å². The number of hydrogen-bond acceptors (Lipinski definition) is 2. The molecule has 0 fully saturated rings. The summed E-state index contributed by atoms with van der Waals surface area (Å²) in [5, 5.41) is 0.798. The van der Waals surface area contributed by atoms with Crippen molar-refractivity contribution in [2.45, 2.75) is 38.8 Å². The Kier molecular flexibility index (Phi) is 4.15. The van der Waals surface area contributed by atoms with E-state index in [9.17, 15) is 4.79 Å². The van der Waals surface area contributed by atoms with Crippen LogP contribution in [0.2, 0.25) is 0 Å². The molecule has 1 unspecified atom stereocenters. The molecule has 1 heterocycles. The Morgan fingerprint density at radius 2 is 2.00 bits per heavy atom. The third kappa shape index (κ3) is 2.99. The molecule has 3 nitrogen and oxygen atoms in total. The highest BCUT2D eigenvalue weighted by molar-refractivity contribution is 5.78. The van der Waals surface area contributed by atoms with Crippen molar-refractivity contribution in [1.82, 2.24) is 4.57 Å². The second-order valence-electron chi connectivity index (χ2n) is 4.86. The van der Waals surface area contributed by atoms with E-state index in [1.54, 1.807) is 6.07 Å². The fourth-order valence-corrected chi connectivity index (χ4v) is 2.20. The second-order valence-corrected chi connectivity index (χ2v) is 4.86. The normalized spacial score (nSPS) is 12.8. The zero-order chi connectivity index (χ0) is 13.0. The number of para-hydroxylation sites is 1. The Bertz CT molecular complexity index is 572. The Hall–Kier alpha value is -1.61. The first-order chi connectivity index (χ1) is 8.68. The van der Waals surface area contributed by atoms with Gasteiger partial charge in [0.2, 0.25) is 0 Å². The summed E-state index contributed by atoms with van der Waals surface area (Å²) in [6.07, 6.45) is 5.15. The number of rotatable bonds is 5. The van der Waals surface area contributed by atoms with E-state index in [4.69, 9.17) is 5.73 Å². The molecule has 0 spiro atoms. The standard InChI is InChI=1S/C15H20N2O/c1-12(16)6-4-5-10-17-11-9-15(18)13-7-2-3-8-14(13)17/h2-3,7-9,11-12H,4-6,10,16H2,1H3. The average molecular weight is 244 g/mol. The maximum Gasteiger partial charge on any atom is 0.189 e. The van der Waals surface area contributed by atoms with Gasteiger partial charge < -0.3 is 10.3 Å². The van der Waals surface area contributed by atoms with E-state index in [2.05, 4.69) is 4.57 Å². The van der Waals surface area contributed by atoms with Crippen molar-refractivity contribution in [3.05, 3.63) is 46.8 Å². The predicted octanol–water partition coefficient (Wildman–Crippen LogP) is 2.52. The van der Waals surface area contributed by atoms with Crippen molar-refractivity contribution in [2.24, 2.45) is 5.73 Å². The van der Waals surface area contributed by atoms with Crippen molar-refractivity contribution >= 4 is 10.9 Å². The molecular formula is C15H20N2O. The van der Waals surface area contributed by atoms with Gasteiger partial charge in [0.05, 0.1) is 5.52 Å². The van der Waals surface area contributed by atoms with Crippen LogP contribution in [0.1, 0.15) is 26.2 Å². The van der Waals surface area contributed by atoms with Gasteiger partial charge in [-0.15, -0.1) is 0 Å². The highest BCUT2D eigenvalue weighted by atomic mass is 16.1. The molecule has 0 bridgehead atoms. The average Bonchev–Trinajstić information content (AvgIpc) is 2.37. The van der Waals surface area contributed by atoms with Crippen LogP contribution in [0.5, 0.6) is 0 Å². The molecule has 2 aromatic rings. The van der Waals surface area contributed by atoms with Gasteiger partial charge in [0, 0.05) is 30.2 Å². The lowest BCUT2D eigenvalue weighted by Gasteiger charge is -2.11. The third-order valence-electron chi connectivity index (χ3n) is 3.19. The molecule has 2 rings (SSSR count). The predicted molar refractivity (Wildman–Crippen MR) is 75.7 cm³/mol. The van der Waals surface area contributed by atoms with Crippen LogP contribution >= 0.6 is 0 Å². The maximum atomic E-state index is 11.7. The molecule has 18 heavy (non-hydrogen) atoms. The van der Waals surface area contributed by atoms with Gasteiger partial charge in [-0.25, -0.2) is 0 Å². The number of hydrogen-bond donors (Lipinski definition) is 1. The van der Waals surface area contributed by atoms with Crippen LogP contribution in [0.25, 0.3) is 10.9 Å². The molecule has 1 aromatic carbocycles. The van der Waals surface area contributed by atoms with E-state index in [-0.39, 0.29) is 11.5 Å². The summed E-state index contributed by atoms with van der Waals surface area (Å²) in [5.41, 5.74) is 6.85. The topological polar surface area (TPSA) is 48.0 Å². The Balaban J connectivity index is 2.14. The summed E-state index contributed by atoms with van der Waals surface area (Å²) in [6, 6.07) is 9.69. The van der Waals surface area contributed by atoms with Crippen LogP contribution in [0.4, 0.5) is 0 Å². The largest absolute Gasteiger partial charge is 0.347 e. The first-order valence-corrected chi connectivity index (χ1v) is 6.52. The fraction of sp³-hybridized carbons (Fsp3) is 0.400. The molecule has 0 aliphatic carbocycles. The van der Waals surface area contributed by atoms with Crippen LogP contribution in [0, 0.1) is 0 Å². The van der Waals surface area contributed by atoms with Gasteiger partial charge in [-0.05, 0) is 31.9 Å². The molecule has 2 N–H and O–H groups in total. The molecule has 0 radical (unpaired) electrons. The lowest BCUT2D eigenvalue weighted by Crippen LogP contribution is -2.14. The number of nitrogens with two attached hydrogens (primary N) is 1. The number of unbranched alkanes of at least 4 members (excludes halogenated alkanes) is 1. The van der Waals surface area contributed by atoms with Crippen molar-refractivity contribution in [3.8, 4) is 0 Å². The van der Waals surface area contributed by atoms with Crippen LogP contribution < -0.4 is 11.2 Å². The number of benzene rings is 1.